The molecule has 2 aliphatic carbocycles. The van der Waals surface area contributed by atoms with Crippen molar-refractivity contribution in [2.24, 2.45) is 22.7 Å². The quantitative estimate of drug-likeness (QED) is 0.697. The van der Waals surface area contributed by atoms with Crippen LogP contribution in [0.5, 0.6) is 0 Å². The Kier molecular flexibility index (Phi) is 3.61. The van der Waals surface area contributed by atoms with Crippen molar-refractivity contribution in [1.29, 1.82) is 0 Å². The number of esters is 1. The van der Waals surface area contributed by atoms with Crippen molar-refractivity contribution in [2.75, 3.05) is 20.3 Å². The molecule has 1 heterocycles. The Hall–Kier alpha value is -0.610. The molecule has 3 rings (SSSR count). The number of fused-ring (bicyclic) bond motifs is 1. The molecule has 1 aliphatic heterocycles. The van der Waals surface area contributed by atoms with Crippen LogP contribution in [0.2, 0.25) is 0 Å². The van der Waals surface area contributed by atoms with Gasteiger partial charge >= 0.3 is 5.97 Å². The molecule has 1 unspecified atom stereocenters. The molecule has 0 aromatic carbocycles. The second-order valence-electron chi connectivity index (χ2n) is 7.90. The normalized spacial score (nSPS) is 40.8. The molecule has 1 spiro atoms. The van der Waals surface area contributed by atoms with E-state index in [1.807, 2.05) is 0 Å². The summed E-state index contributed by atoms with van der Waals surface area (Å²) < 4.78 is 17.1. The van der Waals surface area contributed by atoms with Crippen molar-refractivity contribution in [3.63, 3.8) is 0 Å². The van der Waals surface area contributed by atoms with Crippen molar-refractivity contribution in [3.05, 3.63) is 0 Å². The molecule has 120 valence electrons. The molecule has 3 atom stereocenters. The summed E-state index contributed by atoms with van der Waals surface area (Å²) in [6, 6.07) is 0. The van der Waals surface area contributed by atoms with E-state index in [-0.39, 0.29) is 22.7 Å². The standard InChI is InChI=1S/C17H28O4/c1-15(2)7-5-8-16(3)12(15)6-9-17(20-10-11-21-17)13(16)14(18)19-4/h12-13H,5-11H2,1-4H3/t12-,13?,16-/m0/s1. The lowest BCUT2D eigenvalue weighted by Crippen LogP contribution is -2.61. The van der Waals surface area contributed by atoms with E-state index >= 15 is 0 Å². The third-order valence-electron chi connectivity index (χ3n) is 6.37. The van der Waals surface area contributed by atoms with Crippen LogP contribution in [0, 0.1) is 22.7 Å². The molecule has 3 aliphatic rings. The Labute approximate surface area is 127 Å². The van der Waals surface area contributed by atoms with Gasteiger partial charge in [-0.1, -0.05) is 27.2 Å². The Balaban J connectivity index is 2.03. The molecule has 2 saturated carbocycles. The number of carbonyl (C=O) groups excluding carboxylic acids is 1. The van der Waals surface area contributed by atoms with Gasteiger partial charge in [0.15, 0.2) is 5.79 Å². The zero-order valence-electron chi connectivity index (χ0n) is 13.7. The maximum atomic E-state index is 12.6. The summed E-state index contributed by atoms with van der Waals surface area (Å²) in [4.78, 5) is 12.6. The van der Waals surface area contributed by atoms with Crippen molar-refractivity contribution in [1.82, 2.24) is 0 Å². The lowest BCUT2D eigenvalue weighted by Gasteiger charge is -2.60. The second kappa shape index (κ2) is 4.95. The van der Waals surface area contributed by atoms with E-state index in [2.05, 4.69) is 20.8 Å². The summed E-state index contributed by atoms with van der Waals surface area (Å²) >= 11 is 0. The molecule has 3 fully saturated rings. The Morgan fingerprint density at radius 2 is 1.76 bits per heavy atom. The van der Waals surface area contributed by atoms with Gasteiger partial charge in [0.25, 0.3) is 0 Å². The maximum absolute atomic E-state index is 12.6. The van der Waals surface area contributed by atoms with Crippen LogP contribution in [0.1, 0.15) is 52.9 Å². The molecular weight excluding hydrogens is 268 g/mol. The highest BCUT2D eigenvalue weighted by Gasteiger charge is 2.65. The minimum absolute atomic E-state index is 0.0998. The zero-order valence-corrected chi connectivity index (χ0v) is 13.7. The van der Waals surface area contributed by atoms with E-state index in [4.69, 9.17) is 14.2 Å². The van der Waals surface area contributed by atoms with Crippen LogP contribution >= 0.6 is 0 Å². The summed E-state index contributed by atoms with van der Waals surface area (Å²) in [6.07, 6.45) is 5.31. The van der Waals surface area contributed by atoms with Crippen LogP contribution in [0.25, 0.3) is 0 Å². The summed E-state index contributed by atoms with van der Waals surface area (Å²) in [5.41, 5.74) is 0.164. The molecule has 0 radical (unpaired) electrons. The van der Waals surface area contributed by atoms with Crippen LogP contribution < -0.4 is 0 Å². The van der Waals surface area contributed by atoms with Gasteiger partial charge in [-0.15, -0.1) is 0 Å². The van der Waals surface area contributed by atoms with E-state index in [0.29, 0.717) is 19.1 Å². The van der Waals surface area contributed by atoms with Gasteiger partial charge in [-0.2, -0.15) is 0 Å². The van der Waals surface area contributed by atoms with E-state index < -0.39 is 5.79 Å². The van der Waals surface area contributed by atoms with Gasteiger partial charge in [-0.3, -0.25) is 4.79 Å². The van der Waals surface area contributed by atoms with Crippen LogP contribution in [-0.2, 0) is 19.0 Å². The first kappa shape index (κ1) is 15.3. The average Bonchev–Trinajstić information content (AvgIpc) is 2.85. The third kappa shape index (κ3) is 2.14. The van der Waals surface area contributed by atoms with Crippen molar-refractivity contribution in [2.45, 2.75) is 58.7 Å². The van der Waals surface area contributed by atoms with Gasteiger partial charge in [-0.25, -0.2) is 0 Å². The van der Waals surface area contributed by atoms with Crippen molar-refractivity contribution < 1.29 is 19.0 Å². The molecule has 4 nitrogen and oxygen atoms in total. The summed E-state index contributed by atoms with van der Waals surface area (Å²) in [6.45, 7) is 8.11. The number of hydrogen-bond acceptors (Lipinski definition) is 4. The molecule has 1 saturated heterocycles. The number of carbonyl (C=O) groups is 1. The van der Waals surface area contributed by atoms with Gasteiger partial charge in [-0.05, 0) is 36.0 Å². The van der Waals surface area contributed by atoms with Crippen LogP contribution in [-0.4, -0.2) is 32.1 Å². The fourth-order valence-corrected chi connectivity index (χ4v) is 5.57. The summed E-state index contributed by atoms with van der Waals surface area (Å²) in [7, 11) is 1.48. The number of rotatable bonds is 1. The first-order valence-corrected chi connectivity index (χ1v) is 8.21. The molecule has 4 heteroatoms. The topological polar surface area (TPSA) is 44.8 Å². The Morgan fingerprint density at radius 1 is 1.10 bits per heavy atom. The largest absolute Gasteiger partial charge is 0.469 e. The predicted octanol–water partition coefficient (Wildman–Crippen LogP) is 3.15. The summed E-state index contributed by atoms with van der Waals surface area (Å²) in [5, 5.41) is 0. The van der Waals surface area contributed by atoms with E-state index in [1.54, 1.807) is 0 Å². The van der Waals surface area contributed by atoms with Gasteiger partial charge in [0.2, 0.25) is 0 Å². The van der Waals surface area contributed by atoms with Crippen LogP contribution in [0.3, 0.4) is 0 Å². The van der Waals surface area contributed by atoms with Crippen LogP contribution in [0.15, 0.2) is 0 Å². The lowest BCUT2D eigenvalue weighted by atomic mass is 9.47. The molecule has 0 amide bonds. The first-order chi connectivity index (χ1) is 9.86. The Morgan fingerprint density at radius 3 is 2.38 bits per heavy atom. The van der Waals surface area contributed by atoms with Crippen molar-refractivity contribution in [3.8, 4) is 0 Å². The fourth-order valence-electron chi connectivity index (χ4n) is 5.57. The number of ether oxygens (including phenoxy) is 3. The highest BCUT2D eigenvalue weighted by molar-refractivity contribution is 5.75. The first-order valence-electron chi connectivity index (χ1n) is 8.21. The SMILES string of the molecule is COC(=O)C1C2(CC[C@H]3C(C)(C)CCC[C@]13C)OCCO2. The second-order valence-corrected chi connectivity index (χ2v) is 7.90. The third-order valence-corrected chi connectivity index (χ3v) is 6.37. The highest BCUT2D eigenvalue weighted by atomic mass is 16.7. The monoisotopic (exact) mass is 296 g/mol. The smallest absolute Gasteiger partial charge is 0.314 e. The number of hydrogen-bond donors (Lipinski definition) is 0. The van der Waals surface area contributed by atoms with Gasteiger partial charge < -0.3 is 14.2 Å². The lowest BCUT2D eigenvalue weighted by molar-refractivity contribution is -0.270. The van der Waals surface area contributed by atoms with Gasteiger partial charge in [0, 0.05) is 6.42 Å². The summed E-state index contributed by atoms with van der Waals surface area (Å²) in [5.74, 6) is -0.704. The zero-order chi connectivity index (χ0) is 15.3. The van der Waals surface area contributed by atoms with Gasteiger partial charge in [0.1, 0.15) is 5.92 Å². The van der Waals surface area contributed by atoms with E-state index in [9.17, 15) is 4.79 Å². The minimum Gasteiger partial charge on any atom is -0.469 e. The van der Waals surface area contributed by atoms with Crippen LogP contribution in [0.4, 0.5) is 0 Å². The van der Waals surface area contributed by atoms with E-state index in [1.165, 1.54) is 13.5 Å². The highest BCUT2D eigenvalue weighted by Crippen LogP contribution is 2.63. The molecule has 0 aromatic rings. The molecule has 0 N–H and O–H groups in total. The van der Waals surface area contributed by atoms with Crippen molar-refractivity contribution >= 4 is 5.97 Å². The average molecular weight is 296 g/mol. The molecule has 0 bridgehead atoms. The van der Waals surface area contributed by atoms with Gasteiger partial charge in [0.05, 0.1) is 20.3 Å². The molecular formula is C17H28O4. The maximum Gasteiger partial charge on any atom is 0.314 e. The fraction of sp³-hybridized carbons (Fsp3) is 0.941. The molecule has 0 aromatic heterocycles. The number of methoxy groups -OCH3 is 1. The minimum atomic E-state index is -0.744. The predicted molar refractivity (Wildman–Crippen MR) is 78.6 cm³/mol. The Bertz CT molecular complexity index is 425. The molecule has 21 heavy (non-hydrogen) atoms. The van der Waals surface area contributed by atoms with E-state index in [0.717, 1.165) is 25.7 Å².